The lowest BCUT2D eigenvalue weighted by Gasteiger charge is -2.16. The van der Waals surface area contributed by atoms with Crippen LogP contribution in [0.25, 0.3) is 0 Å². The van der Waals surface area contributed by atoms with Gasteiger partial charge in [-0.15, -0.1) is 0 Å². The van der Waals surface area contributed by atoms with Crippen molar-refractivity contribution in [3.63, 3.8) is 0 Å². The predicted octanol–water partition coefficient (Wildman–Crippen LogP) is 1.69. The Kier molecular flexibility index (Phi) is 5.92. The molecule has 0 rings (SSSR count). The summed E-state index contributed by atoms with van der Waals surface area (Å²) in [4.78, 5) is 21.9. The zero-order valence-corrected chi connectivity index (χ0v) is 8.95. The van der Waals surface area contributed by atoms with E-state index in [1.54, 1.807) is 0 Å². The Hall–Kier alpha value is -1.06. The topological polar surface area (TPSA) is 63.6 Å². The third-order valence-corrected chi connectivity index (χ3v) is 2.51. The van der Waals surface area contributed by atoms with Crippen molar-refractivity contribution in [3.8, 4) is 0 Å². The number of methoxy groups -OCH3 is 1. The molecule has 0 aliphatic heterocycles. The van der Waals surface area contributed by atoms with Gasteiger partial charge in [0.1, 0.15) is 0 Å². The molecular formula is C10H18O4. The quantitative estimate of drug-likeness (QED) is 0.526. The highest BCUT2D eigenvalue weighted by Crippen LogP contribution is 2.20. The van der Waals surface area contributed by atoms with E-state index in [1.807, 2.05) is 13.8 Å². The Balaban J connectivity index is 4.36. The van der Waals surface area contributed by atoms with Gasteiger partial charge in [-0.1, -0.05) is 26.7 Å². The number of carboxylic acids is 1. The number of carboxylic acid groups (broad SMARTS) is 1. The molecule has 1 atom stereocenters. The average molecular weight is 202 g/mol. The molecule has 0 saturated heterocycles. The van der Waals surface area contributed by atoms with Crippen molar-refractivity contribution in [2.45, 2.75) is 33.1 Å². The van der Waals surface area contributed by atoms with E-state index in [1.165, 1.54) is 7.11 Å². The molecule has 4 nitrogen and oxygen atoms in total. The van der Waals surface area contributed by atoms with E-state index in [-0.39, 0.29) is 5.92 Å². The number of ether oxygens (including phenoxy) is 1. The summed E-state index contributed by atoms with van der Waals surface area (Å²) in [6, 6.07) is 0. The first-order valence-electron chi connectivity index (χ1n) is 4.87. The summed E-state index contributed by atoms with van der Waals surface area (Å²) in [6.07, 6.45) is 2.14. The van der Waals surface area contributed by atoms with Crippen LogP contribution in [0.3, 0.4) is 0 Å². The number of carbonyl (C=O) groups is 2. The molecule has 0 radical (unpaired) electrons. The normalized spacial score (nSPS) is 12.6. The highest BCUT2D eigenvalue weighted by atomic mass is 16.5. The van der Waals surface area contributed by atoms with E-state index in [0.29, 0.717) is 6.42 Å². The number of hydrogen-bond donors (Lipinski definition) is 1. The van der Waals surface area contributed by atoms with Crippen LogP contribution in [0, 0.1) is 11.8 Å². The maximum Gasteiger partial charge on any atom is 0.320 e. The van der Waals surface area contributed by atoms with Gasteiger partial charge >= 0.3 is 11.9 Å². The molecule has 1 N–H and O–H groups in total. The molecule has 0 heterocycles. The Morgan fingerprint density at radius 3 is 2.07 bits per heavy atom. The van der Waals surface area contributed by atoms with Crippen LogP contribution in [0.1, 0.15) is 33.1 Å². The van der Waals surface area contributed by atoms with Crippen LogP contribution >= 0.6 is 0 Å². The minimum absolute atomic E-state index is 0.273. The van der Waals surface area contributed by atoms with Crippen molar-refractivity contribution >= 4 is 11.9 Å². The lowest BCUT2D eigenvalue weighted by Crippen LogP contribution is -2.27. The van der Waals surface area contributed by atoms with E-state index in [4.69, 9.17) is 5.11 Å². The number of esters is 1. The molecule has 0 aromatic rings. The van der Waals surface area contributed by atoms with Gasteiger partial charge in [0.25, 0.3) is 0 Å². The largest absolute Gasteiger partial charge is 0.481 e. The molecule has 82 valence electrons. The number of rotatable bonds is 6. The first-order chi connectivity index (χ1) is 6.56. The molecule has 1 unspecified atom stereocenters. The summed E-state index contributed by atoms with van der Waals surface area (Å²) in [5, 5.41) is 8.81. The molecule has 4 heteroatoms. The van der Waals surface area contributed by atoms with Crippen LogP contribution in [0.2, 0.25) is 0 Å². The fourth-order valence-electron chi connectivity index (χ4n) is 1.40. The highest BCUT2D eigenvalue weighted by Gasteiger charge is 2.29. The van der Waals surface area contributed by atoms with E-state index >= 15 is 0 Å². The number of hydrogen-bond acceptors (Lipinski definition) is 3. The van der Waals surface area contributed by atoms with Crippen LogP contribution in [0.15, 0.2) is 0 Å². The molecule has 0 saturated carbocycles. The molecule has 0 aliphatic carbocycles. The molecule has 0 aromatic heterocycles. The monoisotopic (exact) mass is 202 g/mol. The second-order valence-electron chi connectivity index (χ2n) is 3.33. The van der Waals surface area contributed by atoms with Crippen molar-refractivity contribution < 1.29 is 19.4 Å². The second-order valence-corrected chi connectivity index (χ2v) is 3.33. The molecule has 0 aromatic carbocycles. The van der Waals surface area contributed by atoms with E-state index in [9.17, 15) is 9.59 Å². The van der Waals surface area contributed by atoms with Crippen LogP contribution in [0.5, 0.6) is 0 Å². The van der Waals surface area contributed by atoms with Gasteiger partial charge in [-0.2, -0.15) is 0 Å². The molecule has 14 heavy (non-hydrogen) atoms. The maximum absolute atomic E-state index is 11.1. The fourth-order valence-corrected chi connectivity index (χ4v) is 1.40. The minimum atomic E-state index is -1.09. The van der Waals surface area contributed by atoms with Crippen LogP contribution < -0.4 is 0 Å². The molecule has 0 aliphatic rings. The highest BCUT2D eigenvalue weighted by molar-refractivity contribution is 5.93. The van der Waals surface area contributed by atoms with Gasteiger partial charge in [0.05, 0.1) is 7.11 Å². The average Bonchev–Trinajstić information content (AvgIpc) is 2.18. The third-order valence-electron chi connectivity index (χ3n) is 2.51. The summed E-state index contributed by atoms with van der Waals surface area (Å²) >= 11 is 0. The summed E-state index contributed by atoms with van der Waals surface area (Å²) in [5.41, 5.74) is 0. The van der Waals surface area contributed by atoms with Gasteiger partial charge in [0.15, 0.2) is 5.92 Å². The first-order valence-corrected chi connectivity index (χ1v) is 4.87. The van der Waals surface area contributed by atoms with E-state index in [0.717, 1.165) is 12.8 Å². The SMILES string of the molecule is CCC(CC)CC(C(=O)O)C(=O)OC. The van der Waals surface area contributed by atoms with Crippen LogP contribution in [0.4, 0.5) is 0 Å². The van der Waals surface area contributed by atoms with Gasteiger partial charge in [-0.05, 0) is 12.3 Å². The molecule has 0 spiro atoms. The van der Waals surface area contributed by atoms with Crippen molar-refractivity contribution in [2.24, 2.45) is 11.8 Å². The van der Waals surface area contributed by atoms with Gasteiger partial charge < -0.3 is 9.84 Å². The van der Waals surface area contributed by atoms with Crippen molar-refractivity contribution in [3.05, 3.63) is 0 Å². The van der Waals surface area contributed by atoms with Crippen molar-refractivity contribution in [1.82, 2.24) is 0 Å². The van der Waals surface area contributed by atoms with Gasteiger partial charge in [-0.25, -0.2) is 0 Å². The van der Waals surface area contributed by atoms with E-state index in [2.05, 4.69) is 4.74 Å². The van der Waals surface area contributed by atoms with Crippen molar-refractivity contribution in [1.29, 1.82) is 0 Å². The Morgan fingerprint density at radius 1 is 1.29 bits per heavy atom. The Labute approximate surface area is 84.3 Å². The van der Waals surface area contributed by atoms with Crippen molar-refractivity contribution in [2.75, 3.05) is 7.11 Å². The molecule has 0 fully saturated rings. The standard InChI is InChI=1S/C10H18O4/c1-4-7(5-2)6-8(9(11)12)10(13)14-3/h7-8H,4-6H2,1-3H3,(H,11,12). The molecule has 0 bridgehead atoms. The van der Waals surface area contributed by atoms with E-state index < -0.39 is 17.9 Å². The Morgan fingerprint density at radius 2 is 1.79 bits per heavy atom. The Bertz CT molecular complexity index is 196. The third kappa shape index (κ3) is 3.77. The lowest BCUT2D eigenvalue weighted by atomic mass is 9.91. The molecule has 0 amide bonds. The number of carbonyl (C=O) groups excluding carboxylic acids is 1. The summed E-state index contributed by atoms with van der Waals surface area (Å²) < 4.78 is 4.44. The summed E-state index contributed by atoms with van der Waals surface area (Å²) in [6.45, 7) is 3.98. The zero-order chi connectivity index (χ0) is 11.1. The minimum Gasteiger partial charge on any atom is -0.481 e. The van der Waals surface area contributed by atoms with Gasteiger partial charge in [0.2, 0.25) is 0 Å². The van der Waals surface area contributed by atoms with Gasteiger partial charge in [0, 0.05) is 0 Å². The fraction of sp³-hybridized carbons (Fsp3) is 0.800. The maximum atomic E-state index is 11.1. The lowest BCUT2D eigenvalue weighted by molar-refractivity contribution is -0.157. The summed E-state index contributed by atoms with van der Waals surface area (Å²) in [7, 11) is 1.21. The number of aliphatic carboxylic acids is 1. The second kappa shape index (κ2) is 6.40. The molecular weight excluding hydrogens is 184 g/mol. The summed E-state index contributed by atoms with van der Waals surface area (Å²) in [5.74, 6) is -2.48. The smallest absolute Gasteiger partial charge is 0.320 e. The van der Waals surface area contributed by atoms with Crippen LogP contribution in [-0.2, 0) is 14.3 Å². The zero-order valence-electron chi connectivity index (χ0n) is 8.95. The van der Waals surface area contributed by atoms with Gasteiger partial charge in [-0.3, -0.25) is 9.59 Å². The first kappa shape index (κ1) is 12.9. The predicted molar refractivity (Wildman–Crippen MR) is 51.8 cm³/mol. The van der Waals surface area contributed by atoms with Crippen LogP contribution in [-0.4, -0.2) is 24.2 Å².